The normalized spacial score (nSPS) is 13.1. The summed E-state index contributed by atoms with van der Waals surface area (Å²) in [5, 5.41) is 14.3. The maximum atomic E-state index is 8.88. The van der Waals surface area contributed by atoms with Gasteiger partial charge < -0.3 is 15.4 Å². The SMILES string of the molecule is Cc1[nH]c2ccc(Cl)cc2c1CCN[C@@H](C)CCO. The Bertz CT molecular complexity index is 550. The fourth-order valence-corrected chi connectivity index (χ4v) is 2.59. The highest BCUT2D eigenvalue weighted by Gasteiger charge is 2.09. The molecule has 0 fully saturated rings. The van der Waals surface area contributed by atoms with Crippen molar-refractivity contribution in [3.63, 3.8) is 0 Å². The van der Waals surface area contributed by atoms with E-state index >= 15 is 0 Å². The molecule has 0 bridgehead atoms. The zero-order valence-electron chi connectivity index (χ0n) is 11.5. The molecule has 0 saturated carbocycles. The predicted molar refractivity (Wildman–Crippen MR) is 80.9 cm³/mol. The first-order valence-electron chi connectivity index (χ1n) is 6.72. The summed E-state index contributed by atoms with van der Waals surface area (Å²) in [6.45, 7) is 5.33. The fraction of sp³-hybridized carbons (Fsp3) is 0.467. The summed E-state index contributed by atoms with van der Waals surface area (Å²) >= 11 is 6.07. The topological polar surface area (TPSA) is 48.0 Å². The summed E-state index contributed by atoms with van der Waals surface area (Å²) < 4.78 is 0. The van der Waals surface area contributed by atoms with Crippen LogP contribution in [0.25, 0.3) is 10.9 Å². The van der Waals surface area contributed by atoms with Crippen LogP contribution in [-0.2, 0) is 6.42 Å². The number of nitrogens with one attached hydrogen (secondary N) is 2. The Labute approximate surface area is 119 Å². The van der Waals surface area contributed by atoms with Crippen LogP contribution in [0.5, 0.6) is 0 Å². The number of hydrogen-bond acceptors (Lipinski definition) is 2. The van der Waals surface area contributed by atoms with E-state index in [-0.39, 0.29) is 6.61 Å². The van der Waals surface area contributed by atoms with Crippen molar-refractivity contribution in [3.8, 4) is 0 Å². The molecule has 4 heteroatoms. The van der Waals surface area contributed by atoms with Crippen molar-refractivity contribution in [2.45, 2.75) is 32.7 Å². The van der Waals surface area contributed by atoms with Crippen molar-refractivity contribution < 1.29 is 5.11 Å². The molecule has 3 nitrogen and oxygen atoms in total. The van der Waals surface area contributed by atoms with Gasteiger partial charge >= 0.3 is 0 Å². The first-order valence-corrected chi connectivity index (χ1v) is 7.10. The van der Waals surface area contributed by atoms with Crippen LogP contribution in [0.15, 0.2) is 18.2 Å². The lowest BCUT2D eigenvalue weighted by atomic mass is 10.1. The second-order valence-corrected chi connectivity index (χ2v) is 5.47. The minimum absolute atomic E-state index is 0.232. The lowest BCUT2D eigenvalue weighted by Crippen LogP contribution is -2.28. The standard InChI is InChI=1S/C15H21ClN2O/c1-10(6-8-19)17-7-5-13-11(2)18-15-4-3-12(16)9-14(13)15/h3-4,9-10,17-19H,5-8H2,1-2H3/t10-/m0/s1. The lowest BCUT2D eigenvalue weighted by molar-refractivity contribution is 0.269. The summed E-state index contributed by atoms with van der Waals surface area (Å²) in [5.74, 6) is 0. The number of aliphatic hydroxyl groups is 1. The summed E-state index contributed by atoms with van der Waals surface area (Å²) in [4.78, 5) is 3.39. The third kappa shape index (κ3) is 3.50. The molecule has 104 valence electrons. The zero-order chi connectivity index (χ0) is 13.8. The molecule has 0 aliphatic rings. The van der Waals surface area contributed by atoms with Crippen LogP contribution in [0.3, 0.4) is 0 Å². The average Bonchev–Trinajstić information content (AvgIpc) is 2.66. The van der Waals surface area contributed by atoms with Crippen molar-refractivity contribution in [1.29, 1.82) is 0 Å². The third-order valence-electron chi connectivity index (χ3n) is 3.51. The Balaban J connectivity index is 2.07. The molecule has 0 saturated heterocycles. The van der Waals surface area contributed by atoms with E-state index < -0.39 is 0 Å². The molecule has 0 aliphatic carbocycles. The molecule has 0 unspecified atom stereocenters. The van der Waals surface area contributed by atoms with Gasteiger partial charge in [-0.2, -0.15) is 0 Å². The highest BCUT2D eigenvalue weighted by Crippen LogP contribution is 2.25. The largest absolute Gasteiger partial charge is 0.396 e. The van der Waals surface area contributed by atoms with E-state index in [1.54, 1.807) is 0 Å². The van der Waals surface area contributed by atoms with E-state index in [4.69, 9.17) is 16.7 Å². The highest BCUT2D eigenvalue weighted by atomic mass is 35.5. The van der Waals surface area contributed by atoms with Gasteiger partial charge in [0.15, 0.2) is 0 Å². The van der Waals surface area contributed by atoms with Gasteiger partial charge in [-0.05, 0) is 57.0 Å². The van der Waals surface area contributed by atoms with E-state index in [1.807, 2.05) is 18.2 Å². The minimum Gasteiger partial charge on any atom is -0.396 e. The summed E-state index contributed by atoms with van der Waals surface area (Å²) in [6, 6.07) is 6.30. The summed E-state index contributed by atoms with van der Waals surface area (Å²) in [6.07, 6.45) is 1.75. The molecule has 2 rings (SSSR count). The number of benzene rings is 1. The number of rotatable bonds is 6. The number of hydrogen-bond donors (Lipinski definition) is 3. The van der Waals surface area contributed by atoms with Gasteiger partial charge in [0, 0.05) is 34.3 Å². The van der Waals surface area contributed by atoms with E-state index in [0.717, 1.165) is 29.9 Å². The molecule has 1 atom stereocenters. The molecule has 19 heavy (non-hydrogen) atoms. The van der Waals surface area contributed by atoms with Gasteiger partial charge in [0.1, 0.15) is 0 Å². The van der Waals surface area contributed by atoms with Gasteiger partial charge in [-0.25, -0.2) is 0 Å². The number of fused-ring (bicyclic) bond motifs is 1. The Kier molecular flexibility index (Phi) is 4.86. The maximum Gasteiger partial charge on any atom is 0.0459 e. The van der Waals surface area contributed by atoms with Gasteiger partial charge in [-0.15, -0.1) is 0 Å². The van der Waals surface area contributed by atoms with Crippen LogP contribution in [-0.4, -0.2) is 29.3 Å². The lowest BCUT2D eigenvalue weighted by Gasteiger charge is -2.12. The Morgan fingerprint density at radius 3 is 2.95 bits per heavy atom. The van der Waals surface area contributed by atoms with Gasteiger partial charge in [0.2, 0.25) is 0 Å². The molecule has 1 aromatic carbocycles. The predicted octanol–water partition coefficient (Wildman–Crippen LogP) is 3.03. The van der Waals surface area contributed by atoms with Crippen LogP contribution < -0.4 is 5.32 Å². The smallest absolute Gasteiger partial charge is 0.0459 e. The average molecular weight is 281 g/mol. The number of halogens is 1. The number of aromatic amines is 1. The van der Waals surface area contributed by atoms with Crippen molar-refractivity contribution in [1.82, 2.24) is 10.3 Å². The molecule has 0 spiro atoms. The maximum absolute atomic E-state index is 8.88. The van der Waals surface area contributed by atoms with Crippen LogP contribution in [0, 0.1) is 6.92 Å². The first-order chi connectivity index (χ1) is 9.11. The van der Waals surface area contributed by atoms with Crippen LogP contribution in [0.2, 0.25) is 5.02 Å². The minimum atomic E-state index is 0.232. The summed E-state index contributed by atoms with van der Waals surface area (Å²) in [5.41, 5.74) is 3.66. The second-order valence-electron chi connectivity index (χ2n) is 5.04. The van der Waals surface area contributed by atoms with Crippen LogP contribution in [0.1, 0.15) is 24.6 Å². The van der Waals surface area contributed by atoms with Gasteiger partial charge in [-0.1, -0.05) is 11.6 Å². The number of aryl methyl sites for hydroxylation is 1. The zero-order valence-corrected chi connectivity index (χ0v) is 12.2. The molecule has 1 heterocycles. The van der Waals surface area contributed by atoms with E-state index in [1.165, 1.54) is 16.6 Å². The van der Waals surface area contributed by atoms with Crippen molar-refractivity contribution in [3.05, 3.63) is 34.5 Å². The van der Waals surface area contributed by atoms with Gasteiger partial charge in [0.05, 0.1) is 0 Å². The molecule has 1 aromatic heterocycles. The van der Waals surface area contributed by atoms with E-state index in [0.29, 0.717) is 6.04 Å². The third-order valence-corrected chi connectivity index (χ3v) is 3.75. The molecule has 0 radical (unpaired) electrons. The fourth-order valence-electron chi connectivity index (χ4n) is 2.42. The van der Waals surface area contributed by atoms with E-state index in [9.17, 15) is 0 Å². The van der Waals surface area contributed by atoms with Crippen LogP contribution in [0.4, 0.5) is 0 Å². The molecule has 2 aromatic rings. The molecular weight excluding hydrogens is 260 g/mol. The van der Waals surface area contributed by atoms with Gasteiger partial charge in [0.25, 0.3) is 0 Å². The number of H-pyrrole nitrogens is 1. The molecule has 0 amide bonds. The number of aliphatic hydroxyl groups excluding tert-OH is 1. The monoisotopic (exact) mass is 280 g/mol. The van der Waals surface area contributed by atoms with Crippen molar-refractivity contribution in [2.75, 3.05) is 13.2 Å². The molecular formula is C15H21ClN2O. The second kappa shape index (κ2) is 6.42. The first kappa shape index (κ1) is 14.4. The summed E-state index contributed by atoms with van der Waals surface area (Å²) in [7, 11) is 0. The quantitative estimate of drug-likeness (QED) is 0.762. The number of aromatic nitrogens is 1. The Morgan fingerprint density at radius 2 is 2.21 bits per heavy atom. The van der Waals surface area contributed by atoms with Crippen molar-refractivity contribution >= 4 is 22.5 Å². The Hall–Kier alpha value is -1.03. The Morgan fingerprint density at radius 1 is 1.42 bits per heavy atom. The van der Waals surface area contributed by atoms with Gasteiger partial charge in [-0.3, -0.25) is 0 Å². The van der Waals surface area contributed by atoms with Crippen molar-refractivity contribution in [2.24, 2.45) is 0 Å². The van der Waals surface area contributed by atoms with Crippen LogP contribution >= 0.6 is 11.6 Å². The molecule has 3 N–H and O–H groups in total. The van der Waals surface area contributed by atoms with E-state index in [2.05, 4.69) is 24.1 Å². The molecule has 0 aliphatic heterocycles. The highest BCUT2D eigenvalue weighted by molar-refractivity contribution is 6.31.